The van der Waals surface area contributed by atoms with Crippen molar-refractivity contribution in [2.45, 2.75) is 32.2 Å². The number of piperidine rings is 1. The van der Waals surface area contributed by atoms with Crippen LogP contribution in [-0.4, -0.2) is 38.6 Å². The summed E-state index contributed by atoms with van der Waals surface area (Å²) in [6, 6.07) is 16.1. The molecule has 1 fully saturated rings. The number of fused-ring (bicyclic) bond motifs is 1. The Labute approximate surface area is 195 Å². The van der Waals surface area contributed by atoms with Crippen LogP contribution in [0.25, 0.3) is 22.4 Å². The maximum Gasteiger partial charge on any atom is 0.266 e. The zero-order chi connectivity index (χ0) is 23.5. The summed E-state index contributed by atoms with van der Waals surface area (Å²) < 4.78 is 19.9. The quantitative estimate of drug-likeness (QED) is 0.433. The second-order valence-electron chi connectivity index (χ2n) is 8.73. The lowest BCUT2D eigenvalue weighted by atomic mass is 9.90. The summed E-state index contributed by atoms with van der Waals surface area (Å²) in [4.78, 5) is 32.0. The fourth-order valence-electron chi connectivity index (χ4n) is 4.55. The summed E-state index contributed by atoms with van der Waals surface area (Å²) >= 11 is 0. The molecule has 3 heterocycles. The summed E-state index contributed by atoms with van der Waals surface area (Å²) in [6.07, 6.45) is 4.60. The molecule has 174 valence electrons. The Morgan fingerprint density at radius 3 is 2.53 bits per heavy atom. The van der Waals surface area contributed by atoms with Crippen molar-refractivity contribution in [2.24, 2.45) is 5.92 Å². The van der Waals surface area contributed by atoms with Crippen LogP contribution in [0.1, 0.15) is 24.8 Å². The van der Waals surface area contributed by atoms with E-state index in [0.717, 1.165) is 32.4 Å². The molecule has 0 unspecified atom stereocenters. The Balaban J connectivity index is 1.22. The van der Waals surface area contributed by atoms with Crippen molar-refractivity contribution in [3.05, 3.63) is 82.7 Å². The van der Waals surface area contributed by atoms with Crippen LogP contribution < -0.4 is 5.56 Å². The predicted octanol–water partition coefficient (Wildman–Crippen LogP) is 4.06. The summed E-state index contributed by atoms with van der Waals surface area (Å²) in [5.74, 6) is 0.239. The van der Waals surface area contributed by atoms with Crippen molar-refractivity contribution in [3.63, 3.8) is 0 Å². The van der Waals surface area contributed by atoms with Crippen LogP contribution in [0, 0.1) is 11.7 Å². The number of benzene rings is 2. The third-order valence-corrected chi connectivity index (χ3v) is 6.48. The highest BCUT2D eigenvalue weighted by molar-refractivity contribution is 5.88. The maximum absolute atomic E-state index is 13.3. The number of rotatable bonds is 6. The molecule has 7 nitrogen and oxygen atoms in total. The van der Waals surface area contributed by atoms with Crippen molar-refractivity contribution in [2.75, 3.05) is 13.1 Å². The van der Waals surface area contributed by atoms with Gasteiger partial charge in [-0.3, -0.25) is 14.2 Å². The molecule has 0 aliphatic carbocycles. The van der Waals surface area contributed by atoms with Gasteiger partial charge in [0.25, 0.3) is 11.3 Å². The lowest BCUT2D eigenvalue weighted by Gasteiger charge is -2.32. The zero-order valence-electron chi connectivity index (χ0n) is 18.7. The molecule has 0 bridgehead atoms. The number of nitrogens with zero attached hydrogens (tertiary/aromatic N) is 4. The van der Waals surface area contributed by atoms with Gasteiger partial charge in [0.05, 0.1) is 0 Å². The van der Waals surface area contributed by atoms with Gasteiger partial charge < -0.3 is 9.42 Å². The van der Waals surface area contributed by atoms with E-state index in [0.29, 0.717) is 17.2 Å². The predicted molar refractivity (Wildman–Crippen MR) is 126 cm³/mol. The van der Waals surface area contributed by atoms with E-state index in [2.05, 4.69) is 34.4 Å². The van der Waals surface area contributed by atoms with Crippen LogP contribution in [0.2, 0.25) is 0 Å². The molecule has 2 aromatic heterocycles. The molecule has 8 heteroatoms. The van der Waals surface area contributed by atoms with Crippen LogP contribution in [0.5, 0.6) is 0 Å². The first kappa shape index (κ1) is 22.0. The van der Waals surface area contributed by atoms with E-state index >= 15 is 0 Å². The average Bonchev–Trinajstić information content (AvgIpc) is 3.30. The molecule has 5 rings (SSSR count). The number of aryl methyl sites for hydroxylation is 1. The highest BCUT2D eigenvalue weighted by atomic mass is 19.1. The van der Waals surface area contributed by atoms with Gasteiger partial charge in [-0.2, -0.15) is 0 Å². The fraction of sp³-hybridized carbons (Fsp3) is 0.308. The maximum atomic E-state index is 13.3. The smallest absolute Gasteiger partial charge is 0.266 e. The van der Waals surface area contributed by atoms with Crippen LogP contribution in [0.4, 0.5) is 4.39 Å². The average molecular weight is 461 g/mol. The van der Waals surface area contributed by atoms with E-state index in [-0.39, 0.29) is 41.3 Å². The van der Waals surface area contributed by atoms with E-state index in [9.17, 15) is 14.0 Å². The Bertz CT molecular complexity index is 1340. The van der Waals surface area contributed by atoms with Gasteiger partial charge in [-0.1, -0.05) is 35.5 Å². The first-order valence-electron chi connectivity index (χ1n) is 11.5. The number of likely N-dealkylation sites (tertiary alicyclic amines) is 1. The summed E-state index contributed by atoms with van der Waals surface area (Å²) in [6.45, 7) is 1.70. The largest absolute Gasteiger partial charge is 0.343 e. The summed E-state index contributed by atoms with van der Waals surface area (Å²) in [7, 11) is 0. The molecule has 0 saturated carbocycles. The van der Waals surface area contributed by atoms with E-state index < -0.39 is 0 Å². The zero-order valence-corrected chi connectivity index (χ0v) is 18.7. The van der Waals surface area contributed by atoms with Crippen molar-refractivity contribution < 1.29 is 13.7 Å². The van der Waals surface area contributed by atoms with Crippen molar-refractivity contribution in [1.29, 1.82) is 0 Å². The Morgan fingerprint density at radius 2 is 1.79 bits per heavy atom. The normalized spacial score (nSPS) is 14.6. The summed E-state index contributed by atoms with van der Waals surface area (Å²) in [5.41, 5.74) is 2.00. The van der Waals surface area contributed by atoms with Crippen LogP contribution in [-0.2, 0) is 17.8 Å². The van der Waals surface area contributed by atoms with E-state index in [1.165, 1.54) is 40.7 Å². The number of aromatic nitrogens is 3. The van der Waals surface area contributed by atoms with Crippen LogP contribution in [0.15, 0.2) is 70.2 Å². The highest BCUT2D eigenvalue weighted by Crippen LogP contribution is 2.25. The topological polar surface area (TPSA) is 81.2 Å². The van der Waals surface area contributed by atoms with Crippen LogP contribution >= 0.6 is 0 Å². The number of halogens is 1. The van der Waals surface area contributed by atoms with Gasteiger partial charge in [-0.05, 0) is 55.0 Å². The van der Waals surface area contributed by atoms with Crippen molar-refractivity contribution in [1.82, 2.24) is 19.6 Å². The Morgan fingerprint density at radius 1 is 1.06 bits per heavy atom. The Hall–Kier alpha value is -3.81. The van der Waals surface area contributed by atoms with Gasteiger partial charge in [-0.25, -0.2) is 9.37 Å². The van der Waals surface area contributed by atoms with E-state index in [4.69, 9.17) is 4.52 Å². The minimum Gasteiger partial charge on any atom is -0.343 e. The molecule has 4 aromatic rings. The first-order valence-corrected chi connectivity index (χ1v) is 11.5. The van der Waals surface area contributed by atoms with Crippen LogP contribution in [0.3, 0.4) is 0 Å². The minimum atomic E-state index is -0.380. The molecule has 0 spiro atoms. The third-order valence-electron chi connectivity index (χ3n) is 6.48. The number of amides is 1. The molecule has 1 aliphatic rings. The lowest BCUT2D eigenvalue weighted by molar-refractivity contribution is -0.132. The highest BCUT2D eigenvalue weighted by Gasteiger charge is 2.23. The monoisotopic (exact) mass is 460 g/mol. The molecule has 2 aromatic carbocycles. The summed E-state index contributed by atoms with van der Waals surface area (Å²) in [5, 5.41) is 4.18. The minimum absolute atomic E-state index is 0.0363. The van der Waals surface area contributed by atoms with E-state index in [1.807, 2.05) is 11.0 Å². The van der Waals surface area contributed by atoms with Gasteiger partial charge in [-0.15, -0.1) is 0 Å². The number of hydrogen-bond donors (Lipinski definition) is 0. The number of carbonyl (C=O) groups is 1. The molecule has 0 N–H and O–H groups in total. The van der Waals surface area contributed by atoms with Crippen molar-refractivity contribution >= 4 is 17.0 Å². The third kappa shape index (κ3) is 4.62. The molecule has 1 aliphatic heterocycles. The molecule has 0 radical (unpaired) electrons. The van der Waals surface area contributed by atoms with Gasteiger partial charge in [0.1, 0.15) is 23.2 Å². The first-order chi connectivity index (χ1) is 16.6. The lowest BCUT2D eigenvalue weighted by Crippen LogP contribution is -2.39. The standard InChI is InChI=1S/C26H25FN4O3/c27-21-8-6-20(7-9-21)24-23-25(34-29-24)28-17-31(26(23)33)15-12-22(32)30-13-10-19(11-14-30)16-18-4-2-1-3-5-18/h1-9,17,19H,10-16H2. The second kappa shape index (κ2) is 9.59. The van der Waals surface area contributed by atoms with Crippen molar-refractivity contribution in [3.8, 4) is 11.3 Å². The molecule has 1 saturated heterocycles. The number of carbonyl (C=O) groups excluding carboxylic acids is 1. The number of hydrogen-bond acceptors (Lipinski definition) is 5. The molecule has 1 amide bonds. The second-order valence-corrected chi connectivity index (χ2v) is 8.73. The molecule has 0 atom stereocenters. The van der Waals surface area contributed by atoms with Gasteiger partial charge in [0, 0.05) is 31.6 Å². The van der Waals surface area contributed by atoms with E-state index in [1.54, 1.807) is 0 Å². The van der Waals surface area contributed by atoms with Gasteiger partial charge in [0.2, 0.25) is 5.91 Å². The fourth-order valence-corrected chi connectivity index (χ4v) is 4.55. The van der Waals surface area contributed by atoms with Gasteiger partial charge in [0.15, 0.2) is 0 Å². The molecular formula is C26H25FN4O3. The Kier molecular flexibility index (Phi) is 6.20. The van der Waals surface area contributed by atoms with Gasteiger partial charge >= 0.3 is 0 Å². The molecule has 34 heavy (non-hydrogen) atoms. The molecular weight excluding hydrogens is 435 g/mol. The SMILES string of the molecule is O=C(CCn1cnc2onc(-c3ccc(F)cc3)c2c1=O)N1CCC(Cc2ccccc2)CC1.